The zero-order chi connectivity index (χ0) is 25.7. The molecule has 0 saturated carbocycles. The fourth-order valence-electron chi connectivity index (χ4n) is 4.53. The van der Waals surface area contributed by atoms with Crippen molar-refractivity contribution in [2.45, 2.75) is 58.0 Å². The number of ketones is 1. The van der Waals surface area contributed by atoms with E-state index in [2.05, 4.69) is 0 Å². The molecule has 35 heavy (non-hydrogen) atoms. The SMILES string of the molecule is CC(C)c1cc2c(c(-c3ccc(F)cc3)c1[C@@H](F)c1ccc(C(F)(F)F)cc1)C(=O)CC(C)(C)O2. The average Bonchev–Trinajstić information content (AvgIpc) is 2.76. The van der Waals surface area contributed by atoms with E-state index >= 15 is 4.39 Å². The van der Waals surface area contributed by atoms with Gasteiger partial charge in [0.05, 0.1) is 17.5 Å². The van der Waals surface area contributed by atoms with Gasteiger partial charge in [-0.25, -0.2) is 8.78 Å². The van der Waals surface area contributed by atoms with Crippen LogP contribution in [0.1, 0.15) is 78.8 Å². The summed E-state index contributed by atoms with van der Waals surface area (Å²) in [6.45, 7) is 7.28. The van der Waals surface area contributed by atoms with Crippen molar-refractivity contribution in [3.8, 4) is 16.9 Å². The van der Waals surface area contributed by atoms with Crippen LogP contribution in [0.2, 0.25) is 0 Å². The third-order valence-corrected chi connectivity index (χ3v) is 6.15. The molecule has 3 aromatic carbocycles. The molecule has 0 radical (unpaired) electrons. The summed E-state index contributed by atoms with van der Waals surface area (Å²) in [5, 5.41) is 0. The largest absolute Gasteiger partial charge is 0.487 e. The minimum Gasteiger partial charge on any atom is -0.487 e. The van der Waals surface area contributed by atoms with E-state index in [1.165, 1.54) is 24.3 Å². The molecule has 4 rings (SSSR count). The van der Waals surface area contributed by atoms with Crippen molar-refractivity contribution >= 4 is 5.78 Å². The third kappa shape index (κ3) is 4.81. The van der Waals surface area contributed by atoms with Gasteiger partial charge < -0.3 is 4.74 Å². The number of ether oxygens (including phenoxy) is 1. The Bertz CT molecular complexity index is 1260. The van der Waals surface area contributed by atoms with Gasteiger partial charge in [-0.1, -0.05) is 38.1 Å². The highest BCUT2D eigenvalue weighted by molar-refractivity contribution is 6.07. The summed E-state index contributed by atoms with van der Waals surface area (Å²) in [7, 11) is 0. The Kier molecular flexibility index (Phi) is 6.24. The molecule has 7 heteroatoms. The summed E-state index contributed by atoms with van der Waals surface area (Å²) < 4.78 is 75.3. The normalized spacial score (nSPS) is 16.1. The van der Waals surface area contributed by atoms with Crippen LogP contribution in [-0.2, 0) is 6.18 Å². The van der Waals surface area contributed by atoms with E-state index in [-0.39, 0.29) is 40.4 Å². The number of carbonyl (C=O) groups excluding carboxylic acids is 1. The summed E-state index contributed by atoms with van der Waals surface area (Å²) in [5.74, 6) is -0.622. The molecule has 0 N–H and O–H groups in total. The Morgan fingerprint density at radius 3 is 2.09 bits per heavy atom. The van der Waals surface area contributed by atoms with Crippen LogP contribution in [0.3, 0.4) is 0 Å². The number of rotatable bonds is 4. The minimum absolute atomic E-state index is 0.0210. The predicted molar refractivity (Wildman–Crippen MR) is 124 cm³/mol. The third-order valence-electron chi connectivity index (χ3n) is 6.15. The maximum Gasteiger partial charge on any atom is 0.416 e. The van der Waals surface area contributed by atoms with Gasteiger partial charge in [0.25, 0.3) is 0 Å². The number of halogens is 5. The van der Waals surface area contributed by atoms with Crippen molar-refractivity contribution in [2.75, 3.05) is 0 Å². The fourth-order valence-corrected chi connectivity index (χ4v) is 4.53. The van der Waals surface area contributed by atoms with Crippen LogP contribution in [0.15, 0.2) is 54.6 Å². The van der Waals surface area contributed by atoms with Gasteiger partial charge in [-0.05, 0) is 66.8 Å². The van der Waals surface area contributed by atoms with Crippen molar-refractivity contribution in [3.05, 3.63) is 88.2 Å². The summed E-state index contributed by atoms with van der Waals surface area (Å²) >= 11 is 0. The lowest BCUT2D eigenvalue weighted by molar-refractivity contribution is -0.137. The summed E-state index contributed by atoms with van der Waals surface area (Å²) in [6.07, 6.45) is -6.32. The van der Waals surface area contributed by atoms with Gasteiger partial charge in [0.15, 0.2) is 12.0 Å². The lowest BCUT2D eigenvalue weighted by atomic mass is 9.79. The zero-order valence-corrected chi connectivity index (χ0v) is 19.8. The van der Waals surface area contributed by atoms with Crippen molar-refractivity contribution in [1.82, 2.24) is 0 Å². The first-order valence-corrected chi connectivity index (χ1v) is 11.3. The predicted octanol–water partition coefficient (Wildman–Crippen LogP) is 8.44. The maximum absolute atomic E-state index is 16.3. The summed E-state index contributed by atoms with van der Waals surface area (Å²) in [5.41, 5.74) is 0.000925. The van der Waals surface area contributed by atoms with Crippen LogP contribution in [-0.4, -0.2) is 11.4 Å². The van der Waals surface area contributed by atoms with Crippen LogP contribution >= 0.6 is 0 Å². The molecule has 0 aromatic heterocycles. The average molecular weight is 488 g/mol. The van der Waals surface area contributed by atoms with Crippen LogP contribution in [0.4, 0.5) is 22.0 Å². The van der Waals surface area contributed by atoms with E-state index < -0.39 is 29.3 Å². The number of benzene rings is 3. The Morgan fingerprint density at radius 1 is 0.943 bits per heavy atom. The maximum atomic E-state index is 16.3. The van der Waals surface area contributed by atoms with Crippen molar-refractivity contribution in [3.63, 3.8) is 0 Å². The van der Waals surface area contributed by atoms with Gasteiger partial charge in [-0.15, -0.1) is 0 Å². The van der Waals surface area contributed by atoms with E-state index in [1.54, 1.807) is 19.9 Å². The van der Waals surface area contributed by atoms with Crippen LogP contribution < -0.4 is 4.74 Å². The lowest BCUT2D eigenvalue weighted by Gasteiger charge is -2.35. The van der Waals surface area contributed by atoms with E-state index in [9.17, 15) is 22.4 Å². The Hall–Kier alpha value is -3.22. The Balaban J connectivity index is 2.01. The molecule has 2 nitrogen and oxygen atoms in total. The molecule has 0 bridgehead atoms. The number of hydrogen-bond acceptors (Lipinski definition) is 2. The number of carbonyl (C=O) groups is 1. The van der Waals surface area contributed by atoms with Gasteiger partial charge in [0, 0.05) is 11.1 Å². The smallest absolute Gasteiger partial charge is 0.416 e. The fraction of sp³-hybridized carbons (Fsp3) is 0.321. The number of fused-ring (bicyclic) bond motifs is 1. The molecule has 0 spiro atoms. The van der Waals surface area contributed by atoms with Gasteiger partial charge in [0.2, 0.25) is 0 Å². The van der Waals surface area contributed by atoms with Crippen LogP contribution in [0, 0.1) is 5.82 Å². The molecule has 1 atom stereocenters. The number of alkyl halides is 4. The van der Waals surface area contributed by atoms with Crippen molar-refractivity contribution in [1.29, 1.82) is 0 Å². The quantitative estimate of drug-likeness (QED) is 0.345. The standard InChI is InChI=1S/C28H25F5O2/c1-15(2)20-13-22-25(21(34)14-27(3,4)35-22)23(16-7-11-19(29)12-8-16)24(20)26(30)17-5-9-18(10-6-17)28(31,32)33/h5-13,15,26H,14H2,1-4H3/t26-/m0/s1. The number of Topliss-reactive ketones (excluding diaryl/α,β-unsaturated/α-hetero) is 1. The van der Waals surface area contributed by atoms with E-state index in [0.717, 1.165) is 24.3 Å². The molecule has 0 unspecified atom stereocenters. The molecule has 1 heterocycles. The molecule has 0 fully saturated rings. The first-order chi connectivity index (χ1) is 16.3. The van der Waals surface area contributed by atoms with Crippen molar-refractivity contribution < 1.29 is 31.5 Å². The first-order valence-electron chi connectivity index (χ1n) is 11.3. The second kappa shape index (κ2) is 8.77. The highest BCUT2D eigenvalue weighted by Gasteiger charge is 2.38. The molecular formula is C28H25F5O2. The molecule has 0 saturated heterocycles. The molecule has 1 aliphatic rings. The molecule has 1 aliphatic heterocycles. The Labute approximate surface area is 200 Å². The topological polar surface area (TPSA) is 26.3 Å². The second-order valence-electron chi connectivity index (χ2n) is 9.73. The Morgan fingerprint density at radius 2 is 1.54 bits per heavy atom. The highest BCUT2D eigenvalue weighted by Crippen LogP contribution is 2.48. The minimum atomic E-state index is -4.55. The first kappa shape index (κ1) is 24.9. The van der Waals surface area contributed by atoms with Gasteiger partial charge >= 0.3 is 6.18 Å². The molecule has 0 amide bonds. The molecule has 0 aliphatic carbocycles. The van der Waals surface area contributed by atoms with E-state index in [1.807, 2.05) is 13.8 Å². The van der Waals surface area contributed by atoms with Gasteiger partial charge in [-0.2, -0.15) is 13.2 Å². The number of hydrogen-bond donors (Lipinski definition) is 0. The van der Waals surface area contributed by atoms with Gasteiger partial charge in [0.1, 0.15) is 17.2 Å². The summed E-state index contributed by atoms with van der Waals surface area (Å²) in [4.78, 5) is 13.3. The van der Waals surface area contributed by atoms with Crippen LogP contribution in [0.25, 0.3) is 11.1 Å². The molecule has 184 valence electrons. The van der Waals surface area contributed by atoms with E-state index in [0.29, 0.717) is 16.9 Å². The summed E-state index contributed by atoms with van der Waals surface area (Å²) in [6, 6.07) is 10.9. The van der Waals surface area contributed by atoms with Gasteiger partial charge in [-0.3, -0.25) is 4.79 Å². The second-order valence-corrected chi connectivity index (χ2v) is 9.73. The monoisotopic (exact) mass is 488 g/mol. The zero-order valence-electron chi connectivity index (χ0n) is 19.8. The van der Waals surface area contributed by atoms with E-state index in [4.69, 9.17) is 4.74 Å². The molecule has 3 aromatic rings. The molecular weight excluding hydrogens is 463 g/mol. The van der Waals surface area contributed by atoms with Crippen molar-refractivity contribution in [2.24, 2.45) is 0 Å². The highest BCUT2D eigenvalue weighted by atomic mass is 19.4. The lowest BCUT2D eigenvalue weighted by Crippen LogP contribution is -2.36. The van der Waals surface area contributed by atoms with Crippen LogP contribution in [0.5, 0.6) is 5.75 Å².